The molecule has 1 aliphatic heterocycles. The summed E-state index contributed by atoms with van der Waals surface area (Å²) in [6.45, 7) is 2.96. The number of nitro benzene ring substituents is 1. The second-order valence-corrected chi connectivity index (χ2v) is 6.61. The van der Waals surface area contributed by atoms with E-state index in [1.165, 1.54) is 16.8 Å². The van der Waals surface area contributed by atoms with E-state index in [2.05, 4.69) is 4.98 Å². The largest absolute Gasteiger partial charge is 0.469 e. The first kappa shape index (κ1) is 19.9. The molecule has 1 aromatic carbocycles. The number of hydrogen-bond acceptors (Lipinski definition) is 8. The number of nitrogens with zero attached hydrogens (tertiary/aromatic N) is 3. The topological polar surface area (TPSA) is 137 Å². The summed E-state index contributed by atoms with van der Waals surface area (Å²) in [5.41, 5.74) is 0.164. The molecule has 4 atom stereocenters. The Morgan fingerprint density at radius 1 is 1.46 bits per heavy atom. The first-order chi connectivity index (χ1) is 13.3. The van der Waals surface area contributed by atoms with E-state index in [0.29, 0.717) is 11.1 Å². The van der Waals surface area contributed by atoms with Crippen molar-refractivity contribution in [3.05, 3.63) is 62.2 Å². The summed E-state index contributed by atoms with van der Waals surface area (Å²) in [5.74, 6) is 0.0594. The number of aromatic nitrogens is 2. The van der Waals surface area contributed by atoms with Crippen molar-refractivity contribution in [2.24, 2.45) is 0 Å². The molecule has 1 saturated heterocycles. The summed E-state index contributed by atoms with van der Waals surface area (Å²) in [6, 6.07) is 6.20. The van der Waals surface area contributed by atoms with Crippen LogP contribution in [-0.2, 0) is 4.74 Å². The predicted molar refractivity (Wildman–Crippen MR) is 97.0 cm³/mol. The van der Waals surface area contributed by atoms with Gasteiger partial charge in [-0.2, -0.15) is 4.98 Å². The molecule has 2 N–H and O–H groups in total. The molecule has 3 rings (SSSR count). The van der Waals surface area contributed by atoms with E-state index >= 15 is 0 Å². The summed E-state index contributed by atoms with van der Waals surface area (Å²) in [7, 11) is 0. The normalized spacial score (nSPS) is 22.8. The van der Waals surface area contributed by atoms with E-state index in [9.17, 15) is 25.1 Å². The average molecular weight is 391 g/mol. The molecule has 1 unspecified atom stereocenters. The number of aliphatic hydroxyl groups is 2. The number of nitro groups is 1. The molecule has 2 aromatic rings. The minimum atomic E-state index is -0.878. The Kier molecular flexibility index (Phi) is 5.73. The molecule has 10 heteroatoms. The van der Waals surface area contributed by atoms with Crippen LogP contribution in [-0.4, -0.2) is 43.5 Å². The van der Waals surface area contributed by atoms with Gasteiger partial charge < -0.3 is 19.7 Å². The fourth-order valence-electron chi connectivity index (χ4n) is 3.16. The lowest BCUT2D eigenvalue weighted by Crippen LogP contribution is -2.28. The quantitative estimate of drug-likeness (QED) is 0.554. The molecule has 10 nitrogen and oxygen atoms in total. The van der Waals surface area contributed by atoms with Crippen LogP contribution >= 0.6 is 0 Å². The highest BCUT2D eigenvalue weighted by molar-refractivity contribution is 5.41. The van der Waals surface area contributed by atoms with Crippen molar-refractivity contribution < 1.29 is 24.6 Å². The Morgan fingerprint density at radius 3 is 2.82 bits per heavy atom. The molecule has 0 spiro atoms. The summed E-state index contributed by atoms with van der Waals surface area (Å²) in [6.07, 6.45) is -1.44. The van der Waals surface area contributed by atoms with Gasteiger partial charge in [0.05, 0.1) is 23.2 Å². The zero-order chi connectivity index (χ0) is 20.4. The zero-order valence-corrected chi connectivity index (χ0v) is 15.4. The number of aryl methyl sites for hydroxylation is 1. The highest BCUT2D eigenvalue weighted by Crippen LogP contribution is 2.30. The maximum absolute atomic E-state index is 12.4. The van der Waals surface area contributed by atoms with Crippen LogP contribution in [0.3, 0.4) is 0 Å². The first-order valence-electron chi connectivity index (χ1n) is 8.76. The Morgan fingerprint density at radius 2 is 2.18 bits per heavy atom. The van der Waals surface area contributed by atoms with Crippen LogP contribution in [0.1, 0.15) is 36.8 Å². The van der Waals surface area contributed by atoms with Crippen LogP contribution in [0.25, 0.3) is 0 Å². The van der Waals surface area contributed by atoms with Gasteiger partial charge >= 0.3 is 5.69 Å². The van der Waals surface area contributed by atoms with Gasteiger partial charge in [-0.05, 0) is 19.9 Å². The van der Waals surface area contributed by atoms with E-state index in [0.717, 1.165) is 0 Å². The summed E-state index contributed by atoms with van der Waals surface area (Å²) >= 11 is 0. The Bertz CT molecular complexity index is 930. The van der Waals surface area contributed by atoms with Gasteiger partial charge in [0, 0.05) is 24.2 Å². The Labute approximate surface area is 160 Å². The number of hydrogen-bond donors (Lipinski definition) is 2. The van der Waals surface area contributed by atoms with Crippen LogP contribution in [0.2, 0.25) is 0 Å². The molecule has 28 heavy (non-hydrogen) atoms. The standard InChI is InChI=1S/C18H21N3O7/c1-10-8-20(16-7-14(23)15(9-22)28-16)18(24)19-17(10)27-11(2)12-5-3-4-6-13(12)21(25)26/h3-6,8,11,14-16,22-23H,7,9H2,1-2H3/t11?,14-,15+,16+/m0/s1. The number of para-hydroxylation sites is 1. The summed E-state index contributed by atoms with van der Waals surface area (Å²) < 4.78 is 12.4. The smallest absolute Gasteiger partial charge is 0.352 e. The van der Waals surface area contributed by atoms with E-state index in [4.69, 9.17) is 9.47 Å². The van der Waals surface area contributed by atoms with Crippen LogP contribution in [0.5, 0.6) is 5.88 Å². The van der Waals surface area contributed by atoms with Crippen molar-refractivity contribution in [2.75, 3.05) is 6.61 Å². The van der Waals surface area contributed by atoms with Crippen molar-refractivity contribution >= 4 is 5.69 Å². The molecule has 0 radical (unpaired) electrons. The van der Waals surface area contributed by atoms with Crippen LogP contribution in [0.4, 0.5) is 5.69 Å². The van der Waals surface area contributed by atoms with Gasteiger partial charge in [0.15, 0.2) is 0 Å². The van der Waals surface area contributed by atoms with E-state index < -0.39 is 35.2 Å². The number of rotatable bonds is 6. The maximum atomic E-state index is 12.4. The lowest BCUT2D eigenvalue weighted by Gasteiger charge is -2.18. The van der Waals surface area contributed by atoms with Crippen LogP contribution < -0.4 is 10.4 Å². The third-order valence-electron chi connectivity index (χ3n) is 4.64. The van der Waals surface area contributed by atoms with E-state index in [1.54, 1.807) is 32.0 Å². The molecule has 1 aliphatic rings. The molecule has 150 valence electrons. The van der Waals surface area contributed by atoms with Crippen molar-refractivity contribution in [3.8, 4) is 5.88 Å². The molecular weight excluding hydrogens is 370 g/mol. The highest BCUT2D eigenvalue weighted by Gasteiger charge is 2.35. The Balaban J connectivity index is 1.84. The van der Waals surface area contributed by atoms with E-state index in [-0.39, 0.29) is 24.6 Å². The van der Waals surface area contributed by atoms with E-state index in [1.807, 2.05) is 0 Å². The van der Waals surface area contributed by atoms with Gasteiger partial charge in [-0.3, -0.25) is 14.7 Å². The average Bonchev–Trinajstić information content (AvgIpc) is 3.04. The van der Waals surface area contributed by atoms with Crippen molar-refractivity contribution in [1.82, 2.24) is 9.55 Å². The predicted octanol–water partition coefficient (Wildman–Crippen LogP) is 1.24. The molecule has 2 heterocycles. The molecule has 0 aliphatic carbocycles. The van der Waals surface area contributed by atoms with Crippen molar-refractivity contribution in [3.63, 3.8) is 0 Å². The SMILES string of the molecule is Cc1cn([C@H]2C[C@H](O)[C@@H](CO)O2)c(=O)nc1OC(C)c1ccccc1[N+](=O)[O-]. The molecular formula is C18H21N3O7. The van der Waals surface area contributed by atoms with Gasteiger partial charge in [-0.15, -0.1) is 0 Å². The van der Waals surface area contributed by atoms with Gasteiger partial charge in [-0.25, -0.2) is 4.79 Å². The van der Waals surface area contributed by atoms with Gasteiger partial charge in [0.2, 0.25) is 5.88 Å². The molecule has 1 fully saturated rings. The third kappa shape index (κ3) is 3.88. The first-order valence-corrected chi connectivity index (χ1v) is 8.76. The fraction of sp³-hybridized carbons (Fsp3) is 0.444. The molecule has 1 aromatic heterocycles. The number of benzene rings is 1. The van der Waals surface area contributed by atoms with Gasteiger partial charge in [0.1, 0.15) is 18.4 Å². The second kappa shape index (κ2) is 8.05. The second-order valence-electron chi connectivity index (χ2n) is 6.61. The van der Waals surface area contributed by atoms with Crippen molar-refractivity contribution in [2.45, 2.75) is 44.8 Å². The van der Waals surface area contributed by atoms with Crippen LogP contribution in [0, 0.1) is 17.0 Å². The summed E-state index contributed by atoms with van der Waals surface area (Å²) in [5, 5.41) is 30.2. The van der Waals surface area contributed by atoms with Gasteiger partial charge in [-0.1, -0.05) is 12.1 Å². The molecule has 0 bridgehead atoms. The van der Waals surface area contributed by atoms with Crippen molar-refractivity contribution in [1.29, 1.82) is 0 Å². The zero-order valence-electron chi connectivity index (χ0n) is 15.4. The lowest BCUT2D eigenvalue weighted by atomic mass is 10.1. The maximum Gasteiger partial charge on any atom is 0.352 e. The molecule has 0 amide bonds. The minimum absolute atomic E-state index is 0.0594. The Hall–Kier alpha value is -2.82. The van der Waals surface area contributed by atoms with Gasteiger partial charge in [0.25, 0.3) is 5.69 Å². The fourth-order valence-corrected chi connectivity index (χ4v) is 3.16. The molecule has 0 saturated carbocycles. The lowest BCUT2D eigenvalue weighted by molar-refractivity contribution is -0.386. The number of aliphatic hydroxyl groups excluding tert-OH is 2. The number of ether oxygens (including phenoxy) is 2. The highest BCUT2D eigenvalue weighted by atomic mass is 16.6. The summed E-state index contributed by atoms with van der Waals surface area (Å²) in [4.78, 5) is 27.0. The minimum Gasteiger partial charge on any atom is -0.469 e. The monoisotopic (exact) mass is 391 g/mol. The van der Waals surface area contributed by atoms with Crippen LogP contribution in [0.15, 0.2) is 35.3 Å². The third-order valence-corrected chi connectivity index (χ3v) is 4.64.